The van der Waals surface area contributed by atoms with Crippen LogP contribution in [0, 0.1) is 5.92 Å². The van der Waals surface area contributed by atoms with E-state index in [0.717, 1.165) is 44.0 Å². The summed E-state index contributed by atoms with van der Waals surface area (Å²) in [6, 6.07) is 7.91. The van der Waals surface area contributed by atoms with E-state index in [1.807, 2.05) is 12.1 Å². The van der Waals surface area contributed by atoms with Crippen LogP contribution in [-0.4, -0.2) is 52.6 Å². The van der Waals surface area contributed by atoms with Crippen molar-refractivity contribution in [2.75, 3.05) is 26.7 Å². The summed E-state index contributed by atoms with van der Waals surface area (Å²) in [4.78, 5) is 16.8. The Balaban J connectivity index is 1.75. The molecule has 158 valence electrons. The number of benzene rings is 1. The second-order valence-corrected chi connectivity index (χ2v) is 7.93. The first-order chi connectivity index (χ1) is 13.7. The molecular weight excluding hydrogens is 405 g/mol. The number of carbonyl (C=O) groups is 1. The van der Waals surface area contributed by atoms with Crippen molar-refractivity contribution in [2.24, 2.45) is 5.92 Å². The molecule has 2 heterocycles. The third kappa shape index (κ3) is 5.73. The molecule has 1 aliphatic rings. The van der Waals surface area contributed by atoms with Crippen molar-refractivity contribution < 1.29 is 18.0 Å². The highest BCUT2D eigenvalue weighted by Crippen LogP contribution is 2.28. The molecule has 0 atom stereocenters. The fourth-order valence-electron chi connectivity index (χ4n) is 3.52. The van der Waals surface area contributed by atoms with Crippen molar-refractivity contribution in [1.82, 2.24) is 20.0 Å². The lowest BCUT2D eigenvalue weighted by atomic mass is 9.93. The monoisotopic (exact) mass is 428 g/mol. The lowest BCUT2D eigenvalue weighted by Crippen LogP contribution is -2.35. The van der Waals surface area contributed by atoms with E-state index in [9.17, 15) is 18.0 Å². The molecular formula is C20H24ClF3N4O. The van der Waals surface area contributed by atoms with E-state index in [0.29, 0.717) is 17.5 Å². The van der Waals surface area contributed by atoms with E-state index in [1.165, 1.54) is 0 Å². The number of likely N-dealkylation sites (tertiary alicyclic amines) is 1. The highest BCUT2D eigenvalue weighted by atomic mass is 35.5. The molecule has 29 heavy (non-hydrogen) atoms. The van der Waals surface area contributed by atoms with Crippen LogP contribution in [0.25, 0.3) is 0 Å². The van der Waals surface area contributed by atoms with Gasteiger partial charge in [0.05, 0.1) is 0 Å². The third-order valence-corrected chi connectivity index (χ3v) is 5.72. The maximum absolute atomic E-state index is 13.0. The second-order valence-electron chi connectivity index (χ2n) is 7.52. The van der Waals surface area contributed by atoms with Gasteiger partial charge < -0.3 is 9.80 Å². The molecule has 2 aromatic rings. The molecule has 1 amide bonds. The summed E-state index contributed by atoms with van der Waals surface area (Å²) in [5, 5.41) is 6.00. The van der Waals surface area contributed by atoms with Crippen molar-refractivity contribution in [3.05, 3.63) is 52.3 Å². The molecule has 1 fully saturated rings. The summed E-state index contributed by atoms with van der Waals surface area (Å²) in [5.41, 5.74) is -0.525. The van der Waals surface area contributed by atoms with Gasteiger partial charge in [0.2, 0.25) is 0 Å². The van der Waals surface area contributed by atoms with Gasteiger partial charge in [-0.2, -0.15) is 18.3 Å². The van der Waals surface area contributed by atoms with Crippen LogP contribution in [0.1, 0.15) is 41.0 Å². The number of alkyl halides is 3. The Morgan fingerprint density at radius 1 is 1.31 bits per heavy atom. The van der Waals surface area contributed by atoms with Crippen LogP contribution in [0.3, 0.4) is 0 Å². The van der Waals surface area contributed by atoms with E-state index in [-0.39, 0.29) is 12.2 Å². The highest BCUT2D eigenvalue weighted by Gasteiger charge is 2.35. The number of hydrogen-bond acceptors (Lipinski definition) is 3. The Hall–Kier alpha value is -2.06. The Morgan fingerprint density at radius 2 is 2.00 bits per heavy atom. The number of H-pyrrole nitrogens is 1. The van der Waals surface area contributed by atoms with Gasteiger partial charge in [-0.05, 0) is 56.9 Å². The quantitative estimate of drug-likeness (QED) is 0.739. The first-order valence-electron chi connectivity index (χ1n) is 9.58. The van der Waals surface area contributed by atoms with Gasteiger partial charge in [-0.15, -0.1) is 0 Å². The van der Waals surface area contributed by atoms with Gasteiger partial charge in [-0.25, -0.2) is 0 Å². The highest BCUT2D eigenvalue weighted by molar-refractivity contribution is 6.31. The fourth-order valence-corrected chi connectivity index (χ4v) is 3.72. The van der Waals surface area contributed by atoms with Crippen LogP contribution in [-0.2, 0) is 12.7 Å². The summed E-state index contributed by atoms with van der Waals surface area (Å²) in [7, 11) is 2.08. The summed E-state index contributed by atoms with van der Waals surface area (Å²) in [6.45, 7) is 2.70. The number of hydrogen-bond donors (Lipinski definition) is 1. The minimum atomic E-state index is -4.60. The number of aromatic amines is 1. The van der Waals surface area contributed by atoms with Gasteiger partial charge in [-0.3, -0.25) is 9.89 Å². The normalized spacial score (nSPS) is 16.2. The van der Waals surface area contributed by atoms with Crippen LogP contribution >= 0.6 is 11.6 Å². The maximum Gasteiger partial charge on any atom is 0.435 e. The molecule has 0 unspecified atom stereocenters. The molecule has 1 aromatic carbocycles. The Labute approximate surface area is 172 Å². The van der Waals surface area contributed by atoms with Gasteiger partial charge in [0.1, 0.15) is 5.69 Å². The molecule has 5 nitrogen and oxygen atoms in total. The number of halogens is 4. The van der Waals surface area contributed by atoms with Gasteiger partial charge in [-0.1, -0.05) is 29.8 Å². The van der Waals surface area contributed by atoms with Gasteiger partial charge >= 0.3 is 6.18 Å². The zero-order chi connectivity index (χ0) is 21.0. The number of carbonyl (C=O) groups excluding carboxylic acids is 1. The number of piperidine rings is 1. The molecule has 1 saturated heterocycles. The lowest BCUT2D eigenvalue weighted by Gasteiger charge is -2.31. The van der Waals surface area contributed by atoms with Crippen LogP contribution in [0.5, 0.6) is 0 Å². The van der Waals surface area contributed by atoms with Crippen molar-refractivity contribution >= 4 is 17.5 Å². The van der Waals surface area contributed by atoms with Gasteiger partial charge in [0.25, 0.3) is 5.91 Å². The number of rotatable bonds is 6. The Morgan fingerprint density at radius 3 is 2.62 bits per heavy atom. The molecule has 0 radical (unpaired) electrons. The summed E-state index contributed by atoms with van der Waals surface area (Å²) >= 11 is 6.24. The summed E-state index contributed by atoms with van der Waals surface area (Å²) < 4.78 is 38.6. The number of nitrogens with zero attached hydrogens (tertiary/aromatic N) is 3. The molecule has 0 aliphatic carbocycles. The van der Waals surface area contributed by atoms with E-state index in [2.05, 4.69) is 22.1 Å². The second kappa shape index (κ2) is 9.17. The largest absolute Gasteiger partial charge is 0.435 e. The number of aromatic nitrogens is 2. The zero-order valence-electron chi connectivity index (χ0n) is 16.2. The first kappa shape index (κ1) is 21.6. The van der Waals surface area contributed by atoms with Gasteiger partial charge in [0.15, 0.2) is 5.69 Å². The molecule has 3 rings (SSSR count). The van der Waals surface area contributed by atoms with Crippen LogP contribution in [0.4, 0.5) is 13.2 Å². The fraction of sp³-hybridized carbons (Fsp3) is 0.500. The summed E-state index contributed by atoms with van der Waals surface area (Å²) in [5.74, 6) is -0.0268. The average Bonchev–Trinajstić information content (AvgIpc) is 3.18. The molecule has 0 bridgehead atoms. The van der Waals surface area contributed by atoms with Crippen molar-refractivity contribution in [3.63, 3.8) is 0 Å². The Bertz CT molecular complexity index is 831. The zero-order valence-corrected chi connectivity index (χ0v) is 16.9. The van der Waals surface area contributed by atoms with E-state index < -0.39 is 17.8 Å². The van der Waals surface area contributed by atoms with E-state index >= 15 is 0 Å². The molecule has 0 saturated carbocycles. The lowest BCUT2D eigenvalue weighted by molar-refractivity contribution is -0.141. The number of nitrogens with one attached hydrogen (secondary N) is 1. The topological polar surface area (TPSA) is 52.2 Å². The third-order valence-electron chi connectivity index (χ3n) is 5.35. The maximum atomic E-state index is 13.0. The van der Waals surface area contributed by atoms with E-state index in [1.54, 1.807) is 17.0 Å². The minimum Gasteiger partial charge on any atom is -0.333 e. The molecule has 1 aromatic heterocycles. The van der Waals surface area contributed by atoms with Crippen molar-refractivity contribution in [1.29, 1.82) is 0 Å². The first-order valence-corrected chi connectivity index (χ1v) is 9.95. The van der Waals surface area contributed by atoms with Crippen molar-refractivity contribution in [3.8, 4) is 0 Å². The van der Waals surface area contributed by atoms with Crippen molar-refractivity contribution in [2.45, 2.75) is 32.0 Å². The van der Waals surface area contributed by atoms with E-state index in [4.69, 9.17) is 11.6 Å². The Kier molecular flexibility index (Phi) is 6.85. The summed E-state index contributed by atoms with van der Waals surface area (Å²) in [6.07, 6.45) is -1.71. The van der Waals surface area contributed by atoms with Crippen LogP contribution < -0.4 is 0 Å². The molecule has 9 heteroatoms. The molecule has 1 aliphatic heterocycles. The van der Waals surface area contributed by atoms with Crippen LogP contribution in [0.15, 0.2) is 30.3 Å². The SMILES string of the molecule is CN1CCC(CCN(Cc2ccccc2Cl)C(=O)c2cc(C(F)(F)F)n[nH]2)CC1. The molecule has 1 N–H and O–H groups in total. The average molecular weight is 429 g/mol. The van der Waals surface area contributed by atoms with Gasteiger partial charge in [0, 0.05) is 24.2 Å². The predicted octanol–water partition coefficient (Wildman–Crippen LogP) is 4.46. The smallest absolute Gasteiger partial charge is 0.333 e. The van der Waals surface area contributed by atoms with Crippen LogP contribution in [0.2, 0.25) is 5.02 Å². The number of amides is 1. The predicted molar refractivity (Wildman–Crippen MR) is 105 cm³/mol. The minimum absolute atomic E-state index is 0.173. The standard InChI is InChI=1S/C20H24ClF3N4O/c1-27-9-6-14(7-10-27)8-11-28(13-15-4-2-3-5-16(15)21)19(29)17-12-18(26-25-17)20(22,23)24/h2-5,12,14H,6-11,13H2,1H3,(H,25,26). The molecule has 0 spiro atoms.